The molecule has 1 aromatic rings. The summed E-state index contributed by atoms with van der Waals surface area (Å²) in [5.41, 5.74) is 0.664. The zero-order chi connectivity index (χ0) is 10.0. The Kier molecular flexibility index (Phi) is 3.46. The molecule has 1 atom stereocenters. The Labute approximate surface area is 81.5 Å². The molecule has 0 saturated heterocycles. The third kappa shape index (κ3) is 2.78. The highest BCUT2D eigenvalue weighted by Gasteiger charge is 2.18. The first-order valence-electron chi connectivity index (χ1n) is 4.59. The standard InChI is InChI=1S/C9H19N3P/c1-8(2)13-7-12(5)9(10-13)6-11(3)4/h7-8H,6H2,1-5H3/q+1. The minimum absolute atomic E-state index is 0.251. The summed E-state index contributed by atoms with van der Waals surface area (Å²) in [5.74, 6) is 3.46. The summed E-state index contributed by atoms with van der Waals surface area (Å²) in [4.78, 5) is 2.16. The quantitative estimate of drug-likeness (QED) is 0.690. The van der Waals surface area contributed by atoms with Crippen molar-refractivity contribution in [3.8, 4) is 0 Å². The SMILES string of the molecule is CC(C)p1c[n+](C)c(CN(C)C)n1. The van der Waals surface area contributed by atoms with Crippen LogP contribution < -0.4 is 4.57 Å². The molecule has 0 spiro atoms. The third-order valence-corrected chi connectivity index (χ3v) is 4.02. The van der Waals surface area contributed by atoms with Gasteiger partial charge in [0.2, 0.25) is 0 Å². The summed E-state index contributed by atoms with van der Waals surface area (Å²) >= 11 is 0. The topological polar surface area (TPSA) is 20.0 Å². The van der Waals surface area contributed by atoms with Crippen LogP contribution in [0.4, 0.5) is 0 Å². The van der Waals surface area contributed by atoms with Crippen LogP contribution in [0.15, 0.2) is 5.93 Å². The second-order valence-corrected chi connectivity index (χ2v) is 6.18. The summed E-state index contributed by atoms with van der Waals surface area (Å²) < 4.78 is 6.89. The van der Waals surface area contributed by atoms with Crippen LogP contribution in [0.1, 0.15) is 25.3 Å². The largest absolute Gasteiger partial charge is 0.315 e. The summed E-state index contributed by atoms with van der Waals surface area (Å²) in [5, 5.41) is 0. The van der Waals surface area contributed by atoms with Crippen LogP contribution in [-0.4, -0.2) is 23.7 Å². The number of hydrogen-bond acceptors (Lipinski definition) is 2. The molecule has 3 nitrogen and oxygen atoms in total. The smallest absolute Gasteiger partial charge is 0.298 e. The van der Waals surface area contributed by atoms with Crippen LogP contribution >= 0.6 is 7.69 Å². The molecule has 1 aromatic heterocycles. The van der Waals surface area contributed by atoms with Gasteiger partial charge in [0, 0.05) is 5.66 Å². The minimum Gasteiger partial charge on any atom is -0.298 e. The molecule has 1 heterocycles. The first kappa shape index (κ1) is 10.7. The van der Waals surface area contributed by atoms with Crippen LogP contribution in [0.2, 0.25) is 0 Å². The summed E-state index contributed by atoms with van der Waals surface area (Å²) in [6, 6.07) is 0. The fraction of sp³-hybridized carbons (Fsp3) is 0.778. The normalized spacial score (nSPS) is 13.0. The number of hydrogen-bond donors (Lipinski definition) is 0. The van der Waals surface area contributed by atoms with Crippen molar-refractivity contribution < 1.29 is 4.57 Å². The van der Waals surface area contributed by atoms with Crippen molar-refractivity contribution in [2.45, 2.75) is 26.1 Å². The van der Waals surface area contributed by atoms with Crippen molar-refractivity contribution in [1.29, 1.82) is 0 Å². The lowest BCUT2D eigenvalue weighted by molar-refractivity contribution is -0.677. The molecule has 0 aliphatic carbocycles. The molecule has 0 amide bonds. The monoisotopic (exact) mass is 200 g/mol. The predicted molar refractivity (Wildman–Crippen MR) is 55.9 cm³/mol. The van der Waals surface area contributed by atoms with Gasteiger partial charge in [-0.1, -0.05) is 13.8 Å². The van der Waals surface area contributed by atoms with Crippen LogP contribution in [0.3, 0.4) is 0 Å². The lowest BCUT2D eigenvalue weighted by Crippen LogP contribution is -2.33. The molecular weight excluding hydrogens is 181 g/mol. The van der Waals surface area contributed by atoms with E-state index in [1.165, 1.54) is 5.82 Å². The van der Waals surface area contributed by atoms with Crippen LogP contribution in [0.5, 0.6) is 0 Å². The molecule has 0 bridgehead atoms. The van der Waals surface area contributed by atoms with Gasteiger partial charge in [-0.25, -0.2) is 4.57 Å². The van der Waals surface area contributed by atoms with E-state index in [-0.39, 0.29) is 7.69 Å². The van der Waals surface area contributed by atoms with Gasteiger partial charge in [0.25, 0.3) is 0 Å². The van der Waals surface area contributed by atoms with Gasteiger partial charge in [-0.05, 0) is 18.8 Å². The van der Waals surface area contributed by atoms with Gasteiger partial charge in [0.15, 0.2) is 5.93 Å². The zero-order valence-corrected chi connectivity index (χ0v) is 10.0. The van der Waals surface area contributed by atoms with E-state index in [4.69, 9.17) is 4.75 Å². The molecule has 1 unspecified atom stereocenters. The second kappa shape index (κ2) is 4.21. The lowest BCUT2D eigenvalue weighted by atomic mass is 10.5. The molecular formula is C9H19N3P+. The molecule has 0 aliphatic rings. The lowest BCUT2D eigenvalue weighted by Gasteiger charge is -2.02. The molecule has 0 radical (unpaired) electrons. The van der Waals surface area contributed by atoms with Crippen molar-refractivity contribution >= 4 is 7.69 Å². The molecule has 1 rings (SSSR count). The second-order valence-electron chi connectivity index (χ2n) is 3.95. The van der Waals surface area contributed by atoms with Gasteiger partial charge in [-0.2, -0.15) is 0 Å². The molecule has 74 valence electrons. The number of rotatable bonds is 3. The Morgan fingerprint density at radius 1 is 1.54 bits per heavy atom. The van der Waals surface area contributed by atoms with Gasteiger partial charge in [0.05, 0.1) is 7.05 Å². The fourth-order valence-electron chi connectivity index (χ4n) is 1.15. The number of nitrogens with zero attached hydrogens (tertiary/aromatic N) is 3. The van der Waals surface area contributed by atoms with Gasteiger partial charge in [-0.3, -0.25) is 4.90 Å². The maximum absolute atomic E-state index is 4.72. The summed E-state index contributed by atoms with van der Waals surface area (Å²) in [6.07, 6.45) is 0. The van der Waals surface area contributed by atoms with Crippen LogP contribution in [0.25, 0.3) is 0 Å². The predicted octanol–water partition coefficient (Wildman–Crippen LogP) is 1.54. The Morgan fingerprint density at radius 3 is 2.54 bits per heavy atom. The Bertz CT molecular complexity index is 278. The summed E-state index contributed by atoms with van der Waals surface area (Å²) in [7, 11) is 5.99. The van der Waals surface area contributed by atoms with E-state index in [9.17, 15) is 0 Å². The molecule has 4 heteroatoms. The minimum atomic E-state index is -0.251. The highest BCUT2D eigenvalue weighted by molar-refractivity contribution is 7.44. The van der Waals surface area contributed by atoms with Crippen molar-refractivity contribution in [3.05, 3.63) is 11.8 Å². The molecule has 0 aliphatic heterocycles. The van der Waals surface area contributed by atoms with Crippen molar-refractivity contribution in [2.75, 3.05) is 14.1 Å². The molecule has 0 aromatic carbocycles. The summed E-state index contributed by atoms with van der Waals surface area (Å²) in [6.45, 7) is 5.41. The Hall–Kier alpha value is -0.400. The van der Waals surface area contributed by atoms with Gasteiger partial charge in [-0.15, -0.1) is 0 Å². The van der Waals surface area contributed by atoms with E-state index < -0.39 is 0 Å². The average molecular weight is 200 g/mol. The number of aromatic nitrogens is 2. The maximum atomic E-state index is 4.72. The molecule has 0 saturated carbocycles. The number of aryl methyl sites for hydroxylation is 1. The first-order chi connectivity index (χ1) is 6.00. The van der Waals surface area contributed by atoms with E-state index in [0.29, 0.717) is 5.66 Å². The first-order valence-corrected chi connectivity index (χ1v) is 6.02. The Balaban J connectivity index is 2.83. The van der Waals surface area contributed by atoms with Gasteiger partial charge < -0.3 is 0 Å². The van der Waals surface area contributed by atoms with Crippen LogP contribution in [-0.2, 0) is 13.6 Å². The van der Waals surface area contributed by atoms with Crippen molar-refractivity contribution in [1.82, 2.24) is 9.65 Å². The van der Waals surface area contributed by atoms with Gasteiger partial charge >= 0.3 is 5.82 Å². The fourth-order valence-corrected chi connectivity index (χ4v) is 2.66. The van der Waals surface area contributed by atoms with E-state index >= 15 is 0 Å². The van der Waals surface area contributed by atoms with E-state index in [0.717, 1.165) is 6.54 Å². The van der Waals surface area contributed by atoms with Crippen molar-refractivity contribution in [3.63, 3.8) is 0 Å². The highest BCUT2D eigenvalue weighted by atomic mass is 31.1. The molecule has 0 fully saturated rings. The Morgan fingerprint density at radius 2 is 2.15 bits per heavy atom. The maximum Gasteiger partial charge on any atom is 0.315 e. The van der Waals surface area contributed by atoms with Crippen LogP contribution in [0, 0.1) is 0 Å². The van der Waals surface area contributed by atoms with E-state index in [2.05, 4.69) is 50.4 Å². The molecule has 0 N–H and O–H groups in total. The highest BCUT2D eigenvalue weighted by Crippen LogP contribution is 2.33. The third-order valence-electron chi connectivity index (χ3n) is 1.92. The van der Waals surface area contributed by atoms with Gasteiger partial charge in [0.1, 0.15) is 14.2 Å². The van der Waals surface area contributed by atoms with Crippen molar-refractivity contribution in [2.24, 2.45) is 7.05 Å². The zero-order valence-electron chi connectivity index (χ0n) is 9.15. The molecule has 13 heavy (non-hydrogen) atoms. The van der Waals surface area contributed by atoms with E-state index in [1.54, 1.807) is 0 Å². The van der Waals surface area contributed by atoms with E-state index in [1.807, 2.05) is 0 Å². The average Bonchev–Trinajstić information content (AvgIpc) is 2.31.